The van der Waals surface area contributed by atoms with Crippen LogP contribution in [0.25, 0.3) is 0 Å². The first kappa shape index (κ1) is 14.3. The molecule has 0 aliphatic rings. The second-order valence-electron chi connectivity index (χ2n) is 4.42. The lowest BCUT2D eigenvalue weighted by molar-refractivity contribution is 0.0939. The largest absolute Gasteiger partial charge is 0.345 e. The minimum absolute atomic E-state index is 0.0160. The summed E-state index contributed by atoms with van der Waals surface area (Å²) in [6.45, 7) is 4.04. The van der Waals surface area contributed by atoms with Gasteiger partial charge in [-0.15, -0.1) is 11.3 Å². The normalized spacial score (nSPS) is 12.2. The van der Waals surface area contributed by atoms with Gasteiger partial charge in [0.1, 0.15) is 0 Å². The summed E-state index contributed by atoms with van der Waals surface area (Å²) in [6, 6.07) is 10.1. The summed E-state index contributed by atoms with van der Waals surface area (Å²) in [6.07, 6.45) is 0.873. The fraction of sp³-hybridized carbons (Fsp3) is 0.267. The molecular weight excluding hydrogens is 322 g/mol. The zero-order chi connectivity index (χ0) is 13.8. The van der Waals surface area contributed by atoms with Gasteiger partial charge in [0, 0.05) is 4.47 Å². The van der Waals surface area contributed by atoms with Crippen LogP contribution in [0, 0.1) is 6.92 Å². The Morgan fingerprint density at radius 2 is 2.00 bits per heavy atom. The summed E-state index contributed by atoms with van der Waals surface area (Å²) in [5.74, 6) is 0.0160. The molecule has 1 atom stereocenters. The molecule has 0 saturated carbocycles. The van der Waals surface area contributed by atoms with Crippen LogP contribution in [0.1, 0.15) is 40.2 Å². The van der Waals surface area contributed by atoms with Crippen molar-refractivity contribution in [3.63, 3.8) is 0 Å². The average Bonchev–Trinajstić information content (AvgIpc) is 2.83. The zero-order valence-corrected chi connectivity index (χ0v) is 13.3. The second-order valence-corrected chi connectivity index (χ2v) is 6.25. The number of rotatable bonds is 4. The fourth-order valence-corrected chi connectivity index (χ4v) is 3.04. The van der Waals surface area contributed by atoms with Gasteiger partial charge in [0.25, 0.3) is 5.91 Å². The molecule has 0 aliphatic carbocycles. The number of benzene rings is 1. The Morgan fingerprint density at radius 3 is 2.53 bits per heavy atom. The number of nitrogens with one attached hydrogen (secondary N) is 1. The van der Waals surface area contributed by atoms with Crippen molar-refractivity contribution in [1.82, 2.24) is 5.32 Å². The number of aryl methyl sites for hydroxylation is 1. The molecule has 0 spiro atoms. The molecule has 0 fully saturated rings. The predicted molar refractivity (Wildman–Crippen MR) is 83.7 cm³/mol. The molecule has 0 aliphatic heterocycles. The zero-order valence-electron chi connectivity index (χ0n) is 10.9. The molecule has 2 aromatic rings. The van der Waals surface area contributed by atoms with Gasteiger partial charge in [0.15, 0.2) is 0 Å². The quantitative estimate of drug-likeness (QED) is 0.860. The molecule has 1 aromatic carbocycles. The monoisotopic (exact) mass is 337 g/mol. The van der Waals surface area contributed by atoms with Gasteiger partial charge in [-0.2, -0.15) is 0 Å². The van der Waals surface area contributed by atoms with Gasteiger partial charge < -0.3 is 5.32 Å². The van der Waals surface area contributed by atoms with Crippen LogP contribution in [-0.2, 0) is 0 Å². The highest BCUT2D eigenvalue weighted by Crippen LogP contribution is 2.22. The Hall–Kier alpha value is -1.13. The van der Waals surface area contributed by atoms with E-state index in [9.17, 15) is 4.79 Å². The van der Waals surface area contributed by atoms with Gasteiger partial charge in [-0.05, 0) is 48.1 Å². The molecule has 1 unspecified atom stereocenters. The van der Waals surface area contributed by atoms with E-state index in [-0.39, 0.29) is 11.9 Å². The minimum Gasteiger partial charge on any atom is -0.345 e. The van der Waals surface area contributed by atoms with Crippen LogP contribution >= 0.6 is 27.3 Å². The molecule has 1 aromatic heterocycles. The SMILES string of the molecule is CCC(NC(=O)c1sccc1C)c1ccc(Br)cc1. The predicted octanol–water partition coefficient (Wildman–Crippen LogP) is 4.70. The molecule has 2 nitrogen and oxygen atoms in total. The average molecular weight is 338 g/mol. The van der Waals surface area contributed by atoms with Crippen LogP contribution in [0.15, 0.2) is 40.2 Å². The van der Waals surface area contributed by atoms with Crippen molar-refractivity contribution in [2.45, 2.75) is 26.3 Å². The number of carbonyl (C=O) groups excluding carboxylic acids is 1. The highest BCUT2D eigenvalue weighted by molar-refractivity contribution is 9.10. The van der Waals surface area contributed by atoms with E-state index < -0.39 is 0 Å². The van der Waals surface area contributed by atoms with Crippen LogP contribution < -0.4 is 5.32 Å². The highest BCUT2D eigenvalue weighted by Gasteiger charge is 2.16. The van der Waals surface area contributed by atoms with Crippen molar-refractivity contribution in [3.8, 4) is 0 Å². The molecule has 0 bridgehead atoms. The Morgan fingerprint density at radius 1 is 1.32 bits per heavy atom. The van der Waals surface area contributed by atoms with Gasteiger partial charge in [0.2, 0.25) is 0 Å². The lowest BCUT2D eigenvalue weighted by Gasteiger charge is -2.17. The maximum Gasteiger partial charge on any atom is 0.262 e. The first-order valence-corrected chi connectivity index (χ1v) is 7.89. The first-order chi connectivity index (χ1) is 9.11. The van der Waals surface area contributed by atoms with Crippen molar-refractivity contribution in [1.29, 1.82) is 0 Å². The van der Waals surface area contributed by atoms with Crippen molar-refractivity contribution in [2.24, 2.45) is 0 Å². The summed E-state index contributed by atoms with van der Waals surface area (Å²) in [4.78, 5) is 13.0. The molecular formula is C15H16BrNOS. The van der Waals surface area contributed by atoms with Crippen LogP contribution in [0.3, 0.4) is 0 Å². The number of hydrogen-bond acceptors (Lipinski definition) is 2. The Labute approximate surface area is 126 Å². The van der Waals surface area contributed by atoms with Crippen LogP contribution in [0.5, 0.6) is 0 Å². The van der Waals surface area contributed by atoms with Crippen LogP contribution in [0.2, 0.25) is 0 Å². The third kappa shape index (κ3) is 3.45. The number of amides is 1. The standard InChI is InChI=1S/C15H16BrNOS/c1-3-13(11-4-6-12(16)7-5-11)17-15(18)14-10(2)8-9-19-14/h4-9,13H,3H2,1-2H3,(H,17,18). The molecule has 4 heteroatoms. The lowest BCUT2D eigenvalue weighted by atomic mass is 10.0. The van der Waals surface area contributed by atoms with E-state index in [0.29, 0.717) is 0 Å². The Bertz CT molecular complexity index is 562. The molecule has 1 amide bonds. The topological polar surface area (TPSA) is 29.1 Å². The molecule has 1 N–H and O–H groups in total. The van der Waals surface area contributed by atoms with E-state index in [1.807, 2.05) is 42.6 Å². The number of halogens is 1. The van der Waals surface area contributed by atoms with Gasteiger partial charge in [-0.3, -0.25) is 4.79 Å². The molecule has 100 valence electrons. The second kappa shape index (κ2) is 6.35. The van der Waals surface area contributed by atoms with E-state index >= 15 is 0 Å². The molecule has 1 heterocycles. The summed E-state index contributed by atoms with van der Waals surface area (Å²) in [5, 5.41) is 5.05. The van der Waals surface area contributed by atoms with Gasteiger partial charge >= 0.3 is 0 Å². The number of thiophene rings is 1. The van der Waals surface area contributed by atoms with Gasteiger partial charge in [-0.1, -0.05) is 35.0 Å². The number of hydrogen-bond donors (Lipinski definition) is 1. The number of carbonyl (C=O) groups is 1. The Kier molecular flexibility index (Phi) is 4.77. The lowest BCUT2D eigenvalue weighted by Crippen LogP contribution is -2.27. The summed E-state index contributed by atoms with van der Waals surface area (Å²) >= 11 is 4.91. The van der Waals surface area contributed by atoms with Crippen LogP contribution in [-0.4, -0.2) is 5.91 Å². The molecule has 19 heavy (non-hydrogen) atoms. The maximum atomic E-state index is 12.2. The van der Waals surface area contributed by atoms with E-state index in [1.165, 1.54) is 11.3 Å². The van der Waals surface area contributed by atoms with Crippen molar-refractivity contribution < 1.29 is 4.79 Å². The molecule has 0 radical (unpaired) electrons. The van der Waals surface area contributed by atoms with Crippen molar-refractivity contribution in [2.75, 3.05) is 0 Å². The van der Waals surface area contributed by atoms with E-state index in [1.54, 1.807) is 0 Å². The third-order valence-corrected chi connectivity index (χ3v) is 4.60. The molecule has 2 rings (SSSR count). The molecule has 0 saturated heterocycles. The van der Waals surface area contributed by atoms with Gasteiger partial charge in [-0.25, -0.2) is 0 Å². The minimum atomic E-state index is 0.0160. The summed E-state index contributed by atoms with van der Waals surface area (Å²) < 4.78 is 1.05. The van der Waals surface area contributed by atoms with Crippen LogP contribution in [0.4, 0.5) is 0 Å². The first-order valence-electron chi connectivity index (χ1n) is 6.22. The van der Waals surface area contributed by atoms with E-state index in [2.05, 4.69) is 28.2 Å². The van der Waals surface area contributed by atoms with E-state index in [4.69, 9.17) is 0 Å². The van der Waals surface area contributed by atoms with Gasteiger partial charge in [0.05, 0.1) is 10.9 Å². The summed E-state index contributed by atoms with van der Waals surface area (Å²) in [5.41, 5.74) is 2.17. The smallest absolute Gasteiger partial charge is 0.262 e. The van der Waals surface area contributed by atoms with E-state index in [0.717, 1.165) is 26.9 Å². The summed E-state index contributed by atoms with van der Waals surface area (Å²) in [7, 11) is 0. The maximum absolute atomic E-state index is 12.2. The third-order valence-electron chi connectivity index (χ3n) is 3.05. The van der Waals surface area contributed by atoms with Crippen molar-refractivity contribution >= 4 is 33.2 Å². The highest BCUT2D eigenvalue weighted by atomic mass is 79.9. The Balaban J connectivity index is 2.13. The fourth-order valence-electron chi connectivity index (χ4n) is 1.95. The van der Waals surface area contributed by atoms with Crippen molar-refractivity contribution in [3.05, 3.63) is 56.2 Å².